The number of ether oxygens (including phenoxy) is 1. The van der Waals surface area contributed by atoms with Crippen LogP contribution in [0.3, 0.4) is 0 Å². The molecule has 100 valence electrons. The molecule has 6 nitrogen and oxygen atoms in total. The van der Waals surface area contributed by atoms with Crippen molar-refractivity contribution in [2.45, 2.75) is 20.3 Å². The van der Waals surface area contributed by atoms with Crippen LogP contribution in [0.1, 0.15) is 19.5 Å². The van der Waals surface area contributed by atoms with Gasteiger partial charge in [0.15, 0.2) is 5.13 Å². The predicted molar refractivity (Wildman–Crippen MR) is 69.8 cm³/mol. The Kier molecular flexibility index (Phi) is 5.57. The first kappa shape index (κ1) is 14.4. The van der Waals surface area contributed by atoms with Crippen LogP contribution in [0.2, 0.25) is 0 Å². The number of thiazole rings is 1. The van der Waals surface area contributed by atoms with E-state index >= 15 is 0 Å². The van der Waals surface area contributed by atoms with Gasteiger partial charge in [-0.2, -0.15) is 0 Å². The van der Waals surface area contributed by atoms with Gasteiger partial charge in [0.25, 0.3) is 0 Å². The van der Waals surface area contributed by atoms with Gasteiger partial charge in [0.05, 0.1) is 18.7 Å². The maximum absolute atomic E-state index is 11.6. The molecule has 0 radical (unpaired) electrons. The Morgan fingerprint density at radius 3 is 2.83 bits per heavy atom. The number of rotatable bonds is 5. The van der Waals surface area contributed by atoms with Crippen molar-refractivity contribution < 1.29 is 14.3 Å². The van der Waals surface area contributed by atoms with Crippen molar-refractivity contribution in [2.24, 2.45) is 0 Å². The number of carbonyl (C=O) groups is 2. The topological polar surface area (TPSA) is 71.5 Å². The van der Waals surface area contributed by atoms with E-state index in [4.69, 9.17) is 4.74 Å². The zero-order chi connectivity index (χ0) is 13.5. The van der Waals surface area contributed by atoms with Crippen molar-refractivity contribution in [3.8, 4) is 0 Å². The lowest BCUT2D eigenvalue weighted by Gasteiger charge is -2.13. The Hall–Kier alpha value is -1.63. The summed E-state index contributed by atoms with van der Waals surface area (Å²) < 4.78 is 4.82. The molecule has 2 amide bonds. The van der Waals surface area contributed by atoms with Crippen molar-refractivity contribution in [1.82, 2.24) is 9.88 Å². The fourth-order valence-corrected chi connectivity index (χ4v) is 1.84. The summed E-state index contributed by atoms with van der Waals surface area (Å²) in [5.74, 6) is -0.314. The minimum absolute atomic E-state index is 0.129. The third kappa shape index (κ3) is 4.33. The quantitative estimate of drug-likeness (QED) is 0.828. The summed E-state index contributed by atoms with van der Waals surface area (Å²) in [6.45, 7) is 4.61. The molecule has 0 aliphatic rings. The zero-order valence-corrected chi connectivity index (χ0v) is 11.5. The molecule has 1 heterocycles. The highest BCUT2D eigenvalue weighted by Gasteiger charge is 2.11. The Bertz CT molecular complexity index is 419. The highest BCUT2D eigenvalue weighted by molar-refractivity contribution is 7.13. The lowest BCUT2D eigenvalue weighted by Crippen LogP contribution is -2.30. The lowest BCUT2D eigenvalue weighted by atomic mass is 10.3. The molecule has 0 unspecified atom stereocenters. The van der Waals surface area contributed by atoms with E-state index in [9.17, 15) is 9.59 Å². The smallest absolute Gasteiger partial charge is 0.323 e. The molecule has 1 rings (SSSR count). The molecule has 1 aromatic rings. The van der Waals surface area contributed by atoms with Gasteiger partial charge in [-0.3, -0.25) is 10.1 Å². The van der Waals surface area contributed by atoms with Crippen LogP contribution >= 0.6 is 11.3 Å². The van der Waals surface area contributed by atoms with Gasteiger partial charge in [0.1, 0.15) is 0 Å². The molecule has 1 aromatic heterocycles. The van der Waals surface area contributed by atoms with Crippen LogP contribution in [0, 0.1) is 0 Å². The van der Waals surface area contributed by atoms with E-state index in [1.807, 2.05) is 6.92 Å². The lowest BCUT2D eigenvalue weighted by molar-refractivity contribution is -0.142. The van der Waals surface area contributed by atoms with Gasteiger partial charge in [-0.05, 0) is 13.8 Å². The van der Waals surface area contributed by atoms with Gasteiger partial charge in [0.2, 0.25) is 0 Å². The first-order valence-corrected chi connectivity index (χ1v) is 6.56. The molecule has 18 heavy (non-hydrogen) atoms. The minimum Gasteiger partial charge on any atom is -0.466 e. The fourth-order valence-electron chi connectivity index (χ4n) is 1.14. The van der Waals surface area contributed by atoms with E-state index in [-0.39, 0.29) is 18.4 Å². The molecular formula is C11H17N3O3S. The Labute approximate surface area is 110 Å². The van der Waals surface area contributed by atoms with Crippen LogP contribution in [0.5, 0.6) is 0 Å². The van der Waals surface area contributed by atoms with Gasteiger partial charge in [-0.25, -0.2) is 9.78 Å². The highest BCUT2D eigenvalue weighted by atomic mass is 32.1. The summed E-state index contributed by atoms with van der Waals surface area (Å²) in [4.78, 5) is 28.5. The predicted octanol–water partition coefficient (Wildman–Crippen LogP) is 1.73. The van der Waals surface area contributed by atoms with Crippen LogP contribution in [0.4, 0.5) is 9.93 Å². The minimum atomic E-state index is -0.314. The average Bonchev–Trinajstić information content (AvgIpc) is 2.75. The van der Waals surface area contributed by atoms with Gasteiger partial charge in [-0.1, -0.05) is 0 Å². The van der Waals surface area contributed by atoms with E-state index in [0.29, 0.717) is 24.0 Å². The number of carbonyl (C=O) groups excluding carboxylic acids is 2. The molecule has 0 atom stereocenters. The standard InChI is InChI=1S/C11H17N3O3S/c1-4-14(3)11(16)13-10-12-8(7-18-10)6-9(15)17-5-2/h7H,4-6H2,1-3H3,(H,12,13,16). The molecule has 0 fully saturated rings. The molecule has 7 heteroatoms. The molecule has 0 aliphatic heterocycles. The summed E-state index contributed by atoms with van der Waals surface area (Å²) in [5.41, 5.74) is 0.605. The zero-order valence-electron chi connectivity index (χ0n) is 10.7. The van der Waals surface area contributed by atoms with Crippen molar-refractivity contribution >= 4 is 28.5 Å². The van der Waals surface area contributed by atoms with Crippen molar-refractivity contribution in [3.05, 3.63) is 11.1 Å². The summed E-state index contributed by atoms with van der Waals surface area (Å²) in [6.07, 6.45) is 0.129. The van der Waals surface area contributed by atoms with Crippen LogP contribution in [-0.2, 0) is 16.0 Å². The molecular weight excluding hydrogens is 254 g/mol. The van der Waals surface area contributed by atoms with Crippen molar-refractivity contribution in [1.29, 1.82) is 0 Å². The Morgan fingerprint density at radius 1 is 1.50 bits per heavy atom. The molecule has 0 saturated carbocycles. The molecule has 0 bridgehead atoms. The monoisotopic (exact) mass is 271 g/mol. The number of hydrogen-bond donors (Lipinski definition) is 1. The fraction of sp³-hybridized carbons (Fsp3) is 0.545. The first-order valence-electron chi connectivity index (χ1n) is 5.69. The number of esters is 1. The third-order valence-corrected chi connectivity index (χ3v) is 3.02. The number of hydrogen-bond acceptors (Lipinski definition) is 5. The summed E-state index contributed by atoms with van der Waals surface area (Å²) in [7, 11) is 1.70. The molecule has 1 N–H and O–H groups in total. The molecule has 0 aromatic carbocycles. The largest absolute Gasteiger partial charge is 0.466 e. The van der Waals surface area contributed by atoms with E-state index in [2.05, 4.69) is 10.3 Å². The molecule has 0 saturated heterocycles. The number of nitrogens with zero attached hydrogens (tertiary/aromatic N) is 2. The van der Waals surface area contributed by atoms with Crippen LogP contribution in [0.15, 0.2) is 5.38 Å². The van der Waals surface area contributed by atoms with Crippen LogP contribution < -0.4 is 5.32 Å². The maximum Gasteiger partial charge on any atom is 0.323 e. The molecule has 0 aliphatic carbocycles. The van der Waals surface area contributed by atoms with Gasteiger partial charge in [0, 0.05) is 19.0 Å². The Morgan fingerprint density at radius 2 is 2.22 bits per heavy atom. The highest BCUT2D eigenvalue weighted by Crippen LogP contribution is 2.16. The number of urea groups is 1. The van der Waals surface area contributed by atoms with Crippen LogP contribution in [-0.4, -0.2) is 42.1 Å². The number of amides is 2. The summed E-state index contributed by atoms with van der Waals surface area (Å²) in [6, 6.07) is -0.213. The van der Waals surface area contributed by atoms with Gasteiger partial charge in [-0.15, -0.1) is 11.3 Å². The normalized spacial score (nSPS) is 9.94. The maximum atomic E-state index is 11.6. The van der Waals surface area contributed by atoms with Crippen molar-refractivity contribution in [3.63, 3.8) is 0 Å². The third-order valence-electron chi connectivity index (χ3n) is 2.22. The summed E-state index contributed by atoms with van der Waals surface area (Å²) in [5, 5.41) is 4.88. The second-order valence-corrected chi connectivity index (χ2v) is 4.43. The van der Waals surface area contributed by atoms with Crippen LogP contribution in [0.25, 0.3) is 0 Å². The SMILES string of the molecule is CCOC(=O)Cc1csc(NC(=O)N(C)CC)n1. The first-order chi connectivity index (χ1) is 8.56. The summed E-state index contributed by atoms with van der Waals surface area (Å²) >= 11 is 1.29. The van der Waals surface area contributed by atoms with E-state index < -0.39 is 0 Å². The number of anilines is 1. The average molecular weight is 271 g/mol. The number of nitrogens with one attached hydrogen (secondary N) is 1. The van der Waals surface area contributed by atoms with E-state index in [0.717, 1.165) is 0 Å². The second-order valence-electron chi connectivity index (χ2n) is 3.57. The van der Waals surface area contributed by atoms with E-state index in [1.165, 1.54) is 16.2 Å². The van der Waals surface area contributed by atoms with Crippen molar-refractivity contribution in [2.75, 3.05) is 25.5 Å². The Balaban J connectivity index is 2.53. The number of aromatic nitrogens is 1. The molecule has 0 spiro atoms. The van der Waals surface area contributed by atoms with E-state index in [1.54, 1.807) is 19.4 Å². The van der Waals surface area contributed by atoms with Gasteiger partial charge >= 0.3 is 12.0 Å². The van der Waals surface area contributed by atoms with Gasteiger partial charge < -0.3 is 9.64 Å². The second kappa shape index (κ2) is 6.95.